The zero-order valence-corrected chi connectivity index (χ0v) is 9.59. The van der Waals surface area contributed by atoms with E-state index in [0.717, 1.165) is 38.1 Å². The van der Waals surface area contributed by atoms with E-state index in [1.54, 1.807) is 0 Å². The van der Waals surface area contributed by atoms with E-state index in [-0.39, 0.29) is 6.42 Å². The predicted octanol–water partition coefficient (Wildman–Crippen LogP) is 1.27. The molecule has 0 aliphatic rings. The molecule has 0 fully saturated rings. The summed E-state index contributed by atoms with van der Waals surface area (Å²) in [5.74, 6) is 0.115. The molecule has 0 unspecified atom stereocenters. The van der Waals surface area contributed by atoms with Crippen molar-refractivity contribution < 1.29 is 9.90 Å². The summed E-state index contributed by atoms with van der Waals surface area (Å²) in [5, 5.41) is 20.0. The summed E-state index contributed by atoms with van der Waals surface area (Å²) in [7, 11) is 0. The number of unbranched alkanes of at least 4 members (excludes halogenated alkanes) is 2. The minimum absolute atomic E-state index is 0.219. The Balaban J connectivity index is 2.29. The molecule has 90 valence electrons. The van der Waals surface area contributed by atoms with Gasteiger partial charge in [-0.2, -0.15) is 0 Å². The smallest absolute Gasteiger partial charge is 0.303 e. The minimum atomic E-state index is -0.745. The number of carbonyl (C=O) groups is 1. The third-order valence-corrected chi connectivity index (χ3v) is 2.37. The molecular weight excluding hydrogens is 208 g/mol. The standard InChI is InChI=1S/C10H18N4O2/c1-2-3-8-14-9(11-12-13-14)6-4-5-7-10(15)16/h2-8H2,1H3,(H,15,16). The molecule has 0 aromatic carbocycles. The van der Waals surface area contributed by atoms with Gasteiger partial charge >= 0.3 is 5.97 Å². The molecule has 0 saturated heterocycles. The topological polar surface area (TPSA) is 80.9 Å². The number of aromatic nitrogens is 4. The zero-order valence-electron chi connectivity index (χ0n) is 9.59. The Bertz CT molecular complexity index is 324. The minimum Gasteiger partial charge on any atom is -0.481 e. The molecule has 0 aliphatic carbocycles. The largest absolute Gasteiger partial charge is 0.481 e. The van der Waals surface area contributed by atoms with Crippen molar-refractivity contribution in [1.82, 2.24) is 20.2 Å². The van der Waals surface area contributed by atoms with E-state index in [1.165, 1.54) is 0 Å². The third kappa shape index (κ3) is 4.37. The van der Waals surface area contributed by atoms with Crippen molar-refractivity contribution in [3.05, 3.63) is 5.82 Å². The van der Waals surface area contributed by atoms with Gasteiger partial charge in [-0.05, 0) is 29.7 Å². The van der Waals surface area contributed by atoms with Gasteiger partial charge in [0.05, 0.1) is 0 Å². The fourth-order valence-electron chi connectivity index (χ4n) is 1.44. The van der Waals surface area contributed by atoms with Gasteiger partial charge in [0.1, 0.15) is 0 Å². The molecular formula is C10H18N4O2. The van der Waals surface area contributed by atoms with Crippen LogP contribution < -0.4 is 0 Å². The lowest BCUT2D eigenvalue weighted by molar-refractivity contribution is -0.137. The first kappa shape index (κ1) is 12.6. The molecule has 0 bridgehead atoms. The molecule has 1 rings (SSSR count). The van der Waals surface area contributed by atoms with Crippen LogP contribution in [0.15, 0.2) is 0 Å². The number of rotatable bonds is 8. The van der Waals surface area contributed by atoms with Crippen molar-refractivity contribution in [2.45, 2.75) is 52.0 Å². The number of carboxylic acid groups (broad SMARTS) is 1. The Morgan fingerprint density at radius 1 is 1.38 bits per heavy atom. The molecule has 16 heavy (non-hydrogen) atoms. The van der Waals surface area contributed by atoms with Crippen LogP contribution in [0.3, 0.4) is 0 Å². The average Bonchev–Trinajstić information content (AvgIpc) is 2.69. The number of aliphatic carboxylic acids is 1. The lowest BCUT2D eigenvalue weighted by Crippen LogP contribution is -2.06. The van der Waals surface area contributed by atoms with Gasteiger partial charge in [0, 0.05) is 19.4 Å². The molecule has 0 spiro atoms. The molecule has 6 heteroatoms. The number of hydrogen-bond donors (Lipinski definition) is 1. The van der Waals surface area contributed by atoms with E-state index in [1.807, 2.05) is 4.68 Å². The van der Waals surface area contributed by atoms with Gasteiger partial charge in [0.25, 0.3) is 0 Å². The van der Waals surface area contributed by atoms with Crippen LogP contribution in [0.25, 0.3) is 0 Å². The Kier molecular flexibility index (Phi) is 5.45. The van der Waals surface area contributed by atoms with Crippen molar-refractivity contribution in [3.8, 4) is 0 Å². The van der Waals surface area contributed by atoms with E-state index >= 15 is 0 Å². The number of nitrogens with zero attached hydrogens (tertiary/aromatic N) is 4. The summed E-state index contributed by atoms with van der Waals surface area (Å²) in [5.41, 5.74) is 0. The summed E-state index contributed by atoms with van der Waals surface area (Å²) >= 11 is 0. The van der Waals surface area contributed by atoms with Crippen LogP contribution >= 0.6 is 0 Å². The molecule has 0 amide bonds. The van der Waals surface area contributed by atoms with Crippen LogP contribution in [-0.2, 0) is 17.8 Å². The summed E-state index contributed by atoms with van der Waals surface area (Å²) in [4.78, 5) is 10.3. The summed E-state index contributed by atoms with van der Waals surface area (Å²) in [6.45, 7) is 2.97. The molecule has 1 aromatic rings. The van der Waals surface area contributed by atoms with Crippen LogP contribution in [-0.4, -0.2) is 31.3 Å². The Hall–Kier alpha value is -1.46. The third-order valence-electron chi connectivity index (χ3n) is 2.37. The summed E-state index contributed by atoms with van der Waals surface area (Å²) in [6.07, 6.45) is 4.64. The Morgan fingerprint density at radius 3 is 2.88 bits per heavy atom. The van der Waals surface area contributed by atoms with Gasteiger partial charge in [0.2, 0.25) is 0 Å². The van der Waals surface area contributed by atoms with Gasteiger partial charge in [-0.3, -0.25) is 4.79 Å². The van der Waals surface area contributed by atoms with E-state index in [2.05, 4.69) is 22.4 Å². The lowest BCUT2D eigenvalue weighted by atomic mass is 10.2. The predicted molar refractivity (Wildman–Crippen MR) is 57.9 cm³/mol. The lowest BCUT2D eigenvalue weighted by Gasteiger charge is -2.02. The molecule has 1 aromatic heterocycles. The quantitative estimate of drug-likeness (QED) is 0.675. The maximum Gasteiger partial charge on any atom is 0.303 e. The normalized spacial score (nSPS) is 10.6. The molecule has 1 N–H and O–H groups in total. The first-order valence-electron chi connectivity index (χ1n) is 5.71. The maximum absolute atomic E-state index is 10.3. The van der Waals surface area contributed by atoms with Crippen molar-refractivity contribution in [2.24, 2.45) is 0 Å². The number of aryl methyl sites for hydroxylation is 2. The number of tetrazole rings is 1. The summed E-state index contributed by atoms with van der Waals surface area (Å²) < 4.78 is 1.81. The molecule has 0 radical (unpaired) electrons. The second-order valence-corrected chi connectivity index (χ2v) is 3.77. The van der Waals surface area contributed by atoms with E-state index < -0.39 is 5.97 Å². The Morgan fingerprint density at radius 2 is 2.19 bits per heavy atom. The molecule has 0 atom stereocenters. The zero-order chi connectivity index (χ0) is 11.8. The van der Waals surface area contributed by atoms with Gasteiger partial charge in [-0.15, -0.1) is 5.10 Å². The molecule has 0 saturated carbocycles. The Labute approximate surface area is 94.7 Å². The number of hydrogen-bond acceptors (Lipinski definition) is 4. The van der Waals surface area contributed by atoms with Gasteiger partial charge in [-0.25, -0.2) is 4.68 Å². The monoisotopic (exact) mass is 226 g/mol. The highest BCUT2D eigenvalue weighted by Crippen LogP contribution is 2.04. The fraction of sp³-hybridized carbons (Fsp3) is 0.800. The average molecular weight is 226 g/mol. The maximum atomic E-state index is 10.3. The first-order valence-corrected chi connectivity index (χ1v) is 5.71. The van der Waals surface area contributed by atoms with Gasteiger partial charge in [-0.1, -0.05) is 13.3 Å². The summed E-state index contributed by atoms with van der Waals surface area (Å²) in [6, 6.07) is 0. The molecule has 1 heterocycles. The number of carboxylic acids is 1. The van der Waals surface area contributed by atoms with Crippen LogP contribution in [0, 0.1) is 0 Å². The second-order valence-electron chi connectivity index (χ2n) is 3.77. The van der Waals surface area contributed by atoms with Crippen LogP contribution in [0.2, 0.25) is 0 Å². The second kappa shape index (κ2) is 6.92. The van der Waals surface area contributed by atoms with Gasteiger partial charge < -0.3 is 5.11 Å². The SMILES string of the molecule is CCCCn1nnnc1CCCCC(=O)O. The van der Waals surface area contributed by atoms with Crippen LogP contribution in [0.5, 0.6) is 0 Å². The highest BCUT2D eigenvalue weighted by atomic mass is 16.4. The van der Waals surface area contributed by atoms with E-state index in [9.17, 15) is 4.79 Å². The fourth-order valence-corrected chi connectivity index (χ4v) is 1.44. The molecule has 0 aliphatic heterocycles. The van der Waals surface area contributed by atoms with Crippen molar-refractivity contribution in [1.29, 1.82) is 0 Å². The van der Waals surface area contributed by atoms with Crippen LogP contribution in [0.1, 0.15) is 44.9 Å². The highest BCUT2D eigenvalue weighted by Gasteiger charge is 2.05. The first-order chi connectivity index (χ1) is 7.74. The van der Waals surface area contributed by atoms with Gasteiger partial charge in [0.15, 0.2) is 5.82 Å². The van der Waals surface area contributed by atoms with E-state index in [0.29, 0.717) is 6.42 Å². The van der Waals surface area contributed by atoms with Crippen molar-refractivity contribution in [2.75, 3.05) is 0 Å². The van der Waals surface area contributed by atoms with E-state index in [4.69, 9.17) is 5.11 Å². The van der Waals surface area contributed by atoms with Crippen LogP contribution in [0.4, 0.5) is 0 Å². The van der Waals surface area contributed by atoms with Crippen molar-refractivity contribution >= 4 is 5.97 Å². The van der Waals surface area contributed by atoms with Crippen molar-refractivity contribution in [3.63, 3.8) is 0 Å². The molecule has 6 nitrogen and oxygen atoms in total. The highest BCUT2D eigenvalue weighted by molar-refractivity contribution is 5.66.